The number of nitrogens with one attached hydrogen (secondary N) is 2. The minimum absolute atomic E-state index is 0.00395. The maximum absolute atomic E-state index is 12.5. The molecule has 2 heterocycles. The Balaban J connectivity index is 1.36. The lowest BCUT2D eigenvalue weighted by atomic mass is 9.68. The average Bonchev–Trinajstić information content (AvgIpc) is 3.76. The van der Waals surface area contributed by atoms with Crippen molar-refractivity contribution in [3.8, 4) is 0 Å². The van der Waals surface area contributed by atoms with Gasteiger partial charge in [-0.15, -0.1) is 0 Å². The van der Waals surface area contributed by atoms with Crippen LogP contribution >= 0.6 is 0 Å². The van der Waals surface area contributed by atoms with Crippen molar-refractivity contribution in [1.29, 1.82) is 0 Å². The molecule has 0 aromatic carbocycles. The second kappa shape index (κ2) is 13.2. The molecule has 2 N–H and O–H groups in total. The highest BCUT2D eigenvalue weighted by molar-refractivity contribution is 5.75. The van der Waals surface area contributed by atoms with Gasteiger partial charge in [0.25, 0.3) is 0 Å². The zero-order valence-corrected chi connectivity index (χ0v) is 22.4. The number of alkyl carbamates (subject to hydrolysis) is 1. The molecular weight excluding hydrogens is 468 g/mol. The molecule has 2 saturated heterocycles. The summed E-state index contributed by atoms with van der Waals surface area (Å²) in [6.07, 6.45) is 3.97. The molecule has 0 radical (unpaired) electrons. The first-order valence-electron chi connectivity index (χ1n) is 13.1. The fraction of sp³-hybridized carbons (Fsp3) is 0.846. The van der Waals surface area contributed by atoms with Gasteiger partial charge in [-0.3, -0.25) is 4.79 Å². The molecule has 0 aromatic rings. The fourth-order valence-corrected chi connectivity index (χ4v) is 5.18. The number of hydrogen-bond acceptors (Lipinski definition) is 8. The third kappa shape index (κ3) is 7.64. The largest absolute Gasteiger partial charge is 0.443 e. The molecule has 2 aliphatic heterocycles. The molecule has 206 valence electrons. The molecule has 0 aromatic heterocycles. The van der Waals surface area contributed by atoms with Crippen LogP contribution in [0, 0.1) is 5.92 Å². The standard InChI is InChI=1S/C26H44N2O8/c1-6-21(29)27-11-13-32-15-16-33-14-12-28-24(30)35-19-9-10-26(17-34-26)23(22(19)31-5)25(4)20(36-25)8-7-18(2)3/h7,19-20,22-23H,6,8-17H2,1-5H3,(H,27,29)(H,28,30)/t19?,20-,22?,23?,25-,26+/m1/s1. The van der Waals surface area contributed by atoms with E-state index in [1.807, 2.05) is 0 Å². The molecule has 3 rings (SSSR count). The Labute approximate surface area is 214 Å². The van der Waals surface area contributed by atoms with Crippen molar-refractivity contribution in [3.05, 3.63) is 11.6 Å². The van der Waals surface area contributed by atoms with Crippen molar-refractivity contribution in [1.82, 2.24) is 10.6 Å². The van der Waals surface area contributed by atoms with Gasteiger partial charge in [0.05, 0.1) is 45.1 Å². The molecule has 10 heteroatoms. The van der Waals surface area contributed by atoms with Gasteiger partial charge in [-0.2, -0.15) is 0 Å². The van der Waals surface area contributed by atoms with Crippen LogP contribution in [-0.2, 0) is 33.2 Å². The summed E-state index contributed by atoms with van der Waals surface area (Å²) in [4.78, 5) is 23.6. The van der Waals surface area contributed by atoms with E-state index in [1.54, 1.807) is 14.0 Å². The topological polar surface area (TPSA) is 120 Å². The van der Waals surface area contributed by atoms with E-state index in [-0.39, 0.29) is 41.3 Å². The highest BCUT2D eigenvalue weighted by atomic mass is 16.6. The molecule has 1 spiro atoms. The Morgan fingerprint density at radius 2 is 1.75 bits per heavy atom. The third-order valence-electron chi connectivity index (χ3n) is 7.27. The second-order valence-corrected chi connectivity index (χ2v) is 10.2. The quantitative estimate of drug-likeness (QED) is 0.195. The zero-order valence-electron chi connectivity index (χ0n) is 22.4. The van der Waals surface area contributed by atoms with Crippen molar-refractivity contribution < 1.29 is 38.0 Å². The summed E-state index contributed by atoms with van der Waals surface area (Å²) in [7, 11) is 1.66. The molecule has 1 aliphatic carbocycles. The minimum atomic E-state index is -0.483. The molecule has 3 fully saturated rings. The first kappa shape index (κ1) is 28.8. The monoisotopic (exact) mass is 512 g/mol. The number of allylic oxidation sites excluding steroid dienone is 1. The van der Waals surface area contributed by atoms with Gasteiger partial charge in [0.2, 0.25) is 5.91 Å². The van der Waals surface area contributed by atoms with E-state index in [9.17, 15) is 9.59 Å². The van der Waals surface area contributed by atoms with Gasteiger partial charge in [-0.25, -0.2) is 4.79 Å². The number of methoxy groups -OCH3 is 1. The van der Waals surface area contributed by atoms with E-state index < -0.39 is 6.09 Å². The molecule has 3 unspecified atom stereocenters. The molecule has 3 aliphatic rings. The molecular formula is C26H44N2O8. The summed E-state index contributed by atoms with van der Waals surface area (Å²) in [5.41, 5.74) is 0.659. The van der Waals surface area contributed by atoms with Crippen LogP contribution in [0.15, 0.2) is 11.6 Å². The number of carbonyl (C=O) groups excluding carboxylic acids is 2. The summed E-state index contributed by atoms with van der Waals surface area (Å²) in [6.45, 7) is 11.2. The first-order chi connectivity index (χ1) is 17.3. The number of rotatable bonds is 15. The second-order valence-electron chi connectivity index (χ2n) is 10.2. The van der Waals surface area contributed by atoms with Crippen molar-refractivity contribution in [3.63, 3.8) is 0 Å². The predicted molar refractivity (Wildman–Crippen MR) is 133 cm³/mol. The molecule has 0 bridgehead atoms. The number of amides is 2. The van der Waals surface area contributed by atoms with E-state index in [1.165, 1.54) is 5.57 Å². The summed E-state index contributed by atoms with van der Waals surface area (Å²) in [6, 6.07) is 0. The van der Waals surface area contributed by atoms with E-state index >= 15 is 0 Å². The summed E-state index contributed by atoms with van der Waals surface area (Å²) in [5, 5.41) is 5.49. The van der Waals surface area contributed by atoms with Crippen LogP contribution in [-0.4, -0.2) is 94.7 Å². The molecule has 10 nitrogen and oxygen atoms in total. The molecule has 6 atom stereocenters. The maximum Gasteiger partial charge on any atom is 0.407 e. The Bertz CT molecular complexity index is 767. The number of hydrogen-bond donors (Lipinski definition) is 2. The van der Waals surface area contributed by atoms with Gasteiger partial charge in [-0.05, 0) is 40.0 Å². The summed E-state index contributed by atoms with van der Waals surface area (Å²) >= 11 is 0. The normalized spacial score (nSPS) is 32.6. The first-order valence-corrected chi connectivity index (χ1v) is 13.1. The summed E-state index contributed by atoms with van der Waals surface area (Å²) < 4.78 is 34.7. The Hall–Kier alpha value is -1.72. The predicted octanol–water partition coefficient (Wildman–Crippen LogP) is 2.35. The van der Waals surface area contributed by atoms with Crippen LogP contribution in [0.3, 0.4) is 0 Å². The smallest absolute Gasteiger partial charge is 0.407 e. The van der Waals surface area contributed by atoms with Crippen LogP contribution < -0.4 is 10.6 Å². The van der Waals surface area contributed by atoms with Crippen molar-refractivity contribution >= 4 is 12.0 Å². The Morgan fingerprint density at radius 1 is 1.08 bits per heavy atom. The fourth-order valence-electron chi connectivity index (χ4n) is 5.18. The summed E-state index contributed by atoms with van der Waals surface area (Å²) in [5.74, 6) is 0.00299. The molecule has 1 saturated carbocycles. The van der Waals surface area contributed by atoms with Crippen LogP contribution in [0.5, 0.6) is 0 Å². The van der Waals surface area contributed by atoms with E-state index in [0.717, 1.165) is 12.8 Å². The lowest BCUT2D eigenvalue weighted by Crippen LogP contribution is -2.56. The number of carbonyl (C=O) groups is 2. The average molecular weight is 513 g/mol. The SMILES string of the molecule is CCC(=O)NCCOCCOCCNC(=O)OC1CC[C@]2(CO2)C([C@]2(C)O[C@@H]2CC=C(C)C)C1OC. The van der Waals surface area contributed by atoms with Crippen LogP contribution in [0.1, 0.15) is 53.4 Å². The van der Waals surface area contributed by atoms with E-state index in [2.05, 4.69) is 37.5 Å². The number of epoxide rings is 2. The Morgan fingerprint density at radius 3 is 2.33 bits per heavy atom. The van der Waals surface area contributed by atoms with E-state index in [4.69, 9.17) is 28.4 Å². The molecule has 2 amide bonds. The third-order valence-corrected chi connectivity index (χ3v) is 7.27. The van der Waals surface area contributed by atoms with Crippen LogP contribution in [0.4, 0.5) is 4.79 Å². The Kier molecular flexibility index (Phi) is 10.6. The van der Waals surface area contributed by atoms with Gasteiger partial charge in [0.15, 0.2) is 0 Å². The van der Waals surface area contributed by atoms with Crippen molar-refractivity contribution in [2.24, 2.45) is 5.92 Å². The maximum atomic E-state index is 12.5. The van der Waals surface area contributed by atoms with Gasteiger partial charge < -0.3 is 39.1 Å². The van der Waals surface area contributed by atoms with Gasteiger partial charge >= 0.3 is 6.09 Å². The molecule has 36 heavy (non-hydrogen) atoms. The van der Waals surface area contributed by atoms with Crippen molar-refractivity contribution in [2.75, 3.05) is 53.2 Å². The zero-order chi connectivity index (χ0) is 26.2. The van der Waals surface area contributed by atoms with Gasteiger partial charge in [0.1, 0.15) is 23.4 Å². The minimum Gasteiger partial charge on any atom is -0.443 e. The van der Waals surface area contributed by atoms with Crippen LogP contribution in [0.25, 0.3) is 0 Å². The highest BCUT2D eigenvalue weighted by Crippen LogP contribution is 2.59. The van der Waals surface area contributed by atoms with Gasteiger partial charge in [-0.1, -0.05) is 18.6 Å². The van der Waals surface area contributed by atoms with Crippen LogP contribution in [0.2, 0.25) is 0 Å². The van der Waals surface area contributed by atoms with Crippen molar-refractivity contribution in [2.45, 2.75) is 82.9 Å². The number of ether oxygens (including phenoxy) is 6. The van der Waals surface area contributed by atoms with Gasteiger partial charge in [0, 0.05) is 26.6 Å². The lowest BCUT2D eigenvalue weighted by molar-refractivity contribution is -0.121. The highest BCUT2D eigenvalue weighted by Gasteiger charge is 2.72. The van der Waals surface area contributed by atoms with E-state index in [0.29, 0.717) is 59.0 Å². The lowest BCUT2D eigenvalue weighted by Gasteiger charge is -2.42.